The van der Waals surface area contributed by atoms with Crippen molar-refractivity contribution in [2.75, 3.05) is 0 Å². The van der Waals surface area contributed by atoms with E-state index in [-0.39, 0.29) is 0 Å². The number of rotatable bonds is 2. The SMILES string of the molecule is CC.Cc1ccc(C2(C(=O)O)CC2)cn1. The number of carbonyl (C=O) groups is 1. The Kier molecular flexibility index (Phi) is 3.45. The largest absolute Gasteiger partial charge is 0.481 e. The summed E-state index contributed by atoms with van der Waals surface area (Å²) in [4.78, 5) is 15.0. The molecule has 1 heterocycles. The third-order valence-electron chi connectivity index (χ3n) is 2.62. The highest BCUT2D eigenvalue weighted by molar-refractivity contribution is 5.84. The summed E-state index contributed by atoms with van der Waals surface area (Å²) < 4.78 is 0. The second-order valence-electron chi connectivity index (χ2n) is 3.58. The Morgan fingerprint density at radius 1 is 1.40 bits per heavy atom. The summed E-state index contributed by atoms with van der Waals surface area (Å²) in [5.74, 6) is -0.724. The molecule has 1 aromatic heterocycles. The quantitative estimate of drug-likeness (QED) is 0.810. The summed E-state index contributed by atoms with van der Waals surface area (Å²) in [5.41, 5.74) is 1.15. The molecule has 3 heteroatoms. The molecule has 0 bridgehead atoms. The van der Waals surface area contributed by atoms with E-state index in [4.69, 9.17) is 5.11 Å². The highest BCUT2D eigenvalue weighted by Crippen LogP contribution is 2.48. The standard InChI is InChI=1S/C10H11NO2.C2H6/c1-7-2-3-8(6-11-7)10(4-5-10)9(12)13;1-2/h2-3,6H,4-5H2,1H3,(H,12,13);1-2H3. The molecule has 0 radical (unpaired) electrons. The molecular weight excluding hydrogens is 190 g/mol. The maximum atomic E-state index is 10.9. The monoisotopic (exact) mass is 207 g/mol. The summed E-state index contributed by atoms with van der Waals surface area (Å²) in [6.07, 6.45) is 3.16. The summed E-state index contributed by atoms with van der Waals surface area (Å²) in [6, 6.07) is 3.72. The fourth-order valence-electron chi connectivity index (χ4n) is 1.50. The topological polar surface area (TPSA) is 50.2 Å². The first-order chi connectivity index (χ1) is 7.15. The van der Waals surface area contributed by atoms with Gasteiger partial charge < -0.3 is 5.11 Å². The minimum absolute atomic E-state index is 0.610. The Balaban J connectivity index is 0.000000531. The van der Waals surface area contributed by atoms with E-state index in [1.54, 1.807) is 6.20 Å². The van der Waals surface area contributed by atoms with Gasteiger partial charge in [0.15, 0.2) is 0 Å². The Hall–Kier alpha value is -1.38. The highest BCUT2D eigenvalue weighted by atomic mass is 16.4. The van der Waals surface area contributed by atoms with Crippen LogP contribution >= 0.6 is 0 Å². The molecule has 1 fully saturated rings. The molecule has 1 aliphatic carbocycles. The number of nitrogens with zero attached hydrogens (tertiary/aromatic N) is 1. The van der Waals surface area contributed by atoms with Crippen molar-refractivity contribution in [2.45, 2.75) is 39.0 Å². The van der Waals surface area contributed by atoms with Crippen LogP contribution in [0.3, 0.4) is 0 Å². The minimum Gasteiger partial charge on any atom is -0.481 e. The lowest BCUT2D eigenvalue weighted by molar-refractivity contribution is -0.140. The first kappa shape index (κ1) is 11.7. The van der Waals surface area contributed by atoms with Gasteiger partial charge in [0.2, 0.25) is 0 Å². The van der Waals surface area contributed by atoms with Gasteiger partial charge in [-0.05, 0) is 31.4 Å². The number of hydrogen-bond donors (Lipinski definition) is 1. The molecule has 0 amide bonds. The molecule has 82 valence electrons. The van der Waals surface area contributed by atoms with Crippen molar-refractivity contribution >= 4 is 5.97 Å². The number of pyridine rings is 1. The number of aromatic nitrogens is 1. The fourth-order valence-corrected chi connectivity index (χ4v) is 1.50. The van der Waals surface area contributed by atoms with E-state index >= 15 is 0 Å². The van der Waals surface area contributed by atoms with E-state index in [2.05, 4.69) is 4.98 Å². The molecule has 3 nitrogen and oxygen atoms in total. The van der Waals surface area contributed by atoms with Gasteiger partial charge in [-0.1, -0.05) is 19.9 Å². The molecule has 0 unspecified atom stereocenters. The van der Waals surface area contributed by atoms with Crippen LogP contribution in [0.5, 0.6) is 0 Å². The van der Waals surface area contributed by atoms with Crippen LogP contribution in [0.2, 0.25) is 0 Å². The Morgan fingerprint density at radius 3 is 2.33 bits per heavy atom. The van der Waals surface area contributed by atoms with Crippen LogP contribution in [-0.2, 0) is 10.2 Å². The van der Waals surface area contributed by atoms with Crippen LogP contribution in [0.15, 0.2) is 18.3 Å². The van der Waals surface area contributed by atoms with Crippen molar-refractivity contribution in [2.24, 2.45) is 0 Å². The lowest BCUT2D eigenvalue weighted by Crippen LogP contribution is -2.19. The van der Waals surface area contributed by atoms with E-state index < -0.39 is 11.4 Å². The average molecular weight is 207 g/mol. The van der Waals surface area contributed by atoms with Gasteiger partial charge in [0.1, 0.15) is 0 Å². The van der Waals surface area contributed by atoms with Crippen LogP contribution in [0.1, 0.15) is 37.9 Å². The Labute approximate surface area is 90.2 Å². The predicted octanol–water partition coefficient (Wildman–Crippen LogP) is 2.53. The number of hydrogen-bond acceptors (Lipinski definition) is 2. The normalized spacial score (nSPS) is 16.2. The van der Waals surface area contributed by atoms with Gasteiger partial charge in [0.05, 0.1) is 5.41 Å². The molecule has 0 atom stereocenters. The maximum absolute atomic E-state index is 10.9. The lowest BCUT2D eigenvalue weighted by Gasteiger charge is -2.08. The van der Waals surface area contributed by atoms with Gasteiger partial charge >= 0.3 is 5.97 Å². The fraction of sp³-hybridized carbons (Fsp3) is 0.500. The molecule has 0 aromatic carbocycles. The smallest absolute Gasteiger partial charge is 0.314 e. The molecule has 0 spiro atoms. The molecule has 0 aliphatic heterocycles. The van der Waals surface area contributed by atoms with Crippen molar-refractivity contribution in [3.8, 4) is 0 Å². The van der Waals surface area contributed by atoms with Crippen molar-refractivity contribution in [3.05, 3.63) is 29.6 Å². The molecule has 15 heavy (non-hydrogen) atoms. The number of carboxylic acids is 1. The van der Waals surface area contributed by atoms with E-state index in [9.17, 15) is 4.79 Å². The van der Waals surface area contributed by atoms with Crippen LogP contribution in [-0.4, -0.2) is 16.1 Å². The van der Waals surface area contributed by atoms with Crippen LogP contribution in [0.4, 0.5) is 0 Å². The molecule has 0 saturated heterocycles. The van der Waals surface area contributed by atoms with E-state index in [1.165, 1.54) is 0 Å². The van der Waals surface area contributed by atoms with Gasteiger partial charge in [-0.3, -0.25) is 9.78 Å². The first-order valence-corrected chi connectivity index (χ1v) is 5.32. The van der Waals surface area contributed by atoms with Crippen molar-refractivity contribution in [1.29, 1.82) is 0 Å². The maximum Gasteiger partial charge on any atom is 0.314 e. The summed E-state index contributed by atoms with van der Waals surface area (Å²) in [7, 11) is 0. The molecule has 1 N–H and O–H groups in total. The van der Waals surface area contributed by atoms with Gasteiger partial charge in [-0.2, -0.15) is 0 Å². The first-order valence-electron chi connectivity index (χ1n) is 5.32. The average Bonchev–Trinajstić information content (AvgIpc) is 3.03. The van der Waals surface area contributed by atoms with Crippen molar-refractivity contribution < 1.29 is 9.90 Å². The van der Waals surface area contributed by atoms with Crippen LogP contribution in [0, 0.1) is 6.92 Å². The zero-order chi connectivity index (χ0) is 11.5. The van der Waals surface area contributed by atoms with Gasteiger partial charge in [-0.25, -0.2) is 0 Å². The van der Waals surface area contributed by atoms with Crippen LogP contribution < -0.4 is 0 Å². The summed E-state index contributed by atoms with van der Waals surface area (Å²) in [5, 5.41) is 9.00. The Morgan fingerprint density at radius 2 is 2.00 bits per heavy atom. The second kappa shape index (κ2) is 4.43. The molecular formula is C12H17NO2. The number of carboxylic acid groups (broad SMARTS) is 1. The summed E-state index contributed by atoms with van der Waals surface area (Å²) in [6.45, 7) is 5.89. The molecule has 1 aromatic rings. The molecule has 1 saturated carbocycles. The minimum atomic E-state index is -0.724. The van der Waals surface area contributed by atoms with E-state index in [0.29, 0.717) is 0 Å². The summed E-state index contributed by atoms with van der Waals surface area (Å²) >= 11 is 0. The second-order valence-corrected chi connectivity index (χ2v) is 3.58. The third-order valence-corrected chi connectivity index (χ3v) is 2.62. The lowest BCUT2D eigenvalue weighted by atomic mass is 9.98. The molecule has 2 rings (SSSR count). The van der Waals surface area contributed by atoms with Gasteiger partial charge in [0.25, 0.3) is 0 Å². The zero-order valence-corrected chi connectivity index (χ0v) is 9.45. The molecule has 1 aliphatic rings. The number of aryl methyl sites for hydroxylation is 1. The predicted molar refractivity (Wildman–Crippen MR) is 58.9 cm³/mol. The van der Waals surface area contributed by atoms with E-state index in [0.717, 1.165) is 24.1 Å². The highest BCUT2D eigenvalue weighted by Gasteiger charge is 2.51. The van der Waals surface area contributed by atoms with E-state index in [1.807, 2.05) is 32.9 Å². The van der Waals surface area contributed by atoms with Crippen molar-refractivity contribution in [3.63, 3.8) is 0 Å². The Bertz CT molecular complexity index is 339. The van der Waals surface area contributed by atoms with Gasteiger partial charge in [-0.15, -0.1) is 0 Å². The number of aliphatic carboxylic acids is 1. The van der Waals surface area contributed by atoms with Gasteiger partial charge in [0, 0.05) is 11.9 Å². The third kappa shape index (κ3) is 2.17. The van der Waals surface area contributed by atoms with Crippen LogP contribution in [0.25, 0.3) is 0 Å². The van der Waals surface area contributed by atoms with Crippen molar-refractivity contribution in [1.82, 2.24) is 4.98 Å². The zero-order valence-electron chi connectivity index (χ0n) is 9.45.